The first-order valence-electron chi connectivity index (χ1n) is 4.40. The summed E-state index contributed by atoms with van der Waals surface area (Å²) in [6.45, 7) is 0. The predicted octanol–water partition coefficient (Wildman–Crippen LogP) is 2.05. The Balaban J connectivity index is 1.92. The molecule has 0 aromatic rings. The van der Waals surface area contributed by atoms with Crippen LogP contribution in [0.15, 0.2) is 0 Å². The van der Waals surface area contributed by atoms with Crippen molar-refractivity contribution in [3.63, 3.8) is 0 Å². The van der Waals surface area contributed by atoms with Crippen LogP contribution in [0.2, 0.25) is 0 Å². The lowest BCUT2D eigenvalue weighted by Crippen LogP contribution is -2.42. The number of hydrogen-bond acceptors (Lipinski definition) is 0. The SMILES string of the molecule is C1C2CC3(C2)C1[C@H]1CC13. The van der Waals surface area contributed by atoms with Gasteiger partial charge in [-0.1, -0.05) is 0 Å². The lowest BCUT2D eigenvalue weighted by Gasteiger charge is -2.49. The first-order chi connectivity index (χ1) is 4.40. The summed E-state index contributed by atoms with van der Waals surface area (Å²) in [6, 6.07) is 0. The van der Waals surface area contributed by atoms with E-state index in [1.807, 2.05) is 0 Å². The molecule has 2 unspecified atom stereocenters. The van der Waals surface area contributed by atoms with Gasteiger partial charge in [0.15, 0.2) is 0 Å². The maximum atomic E-state index is 1.65. The molecule has 0 radical (unpaired) electrons. The van der Waals surface area contributed by atoms with Gasteiger partial charge >= 0.3 is 0 Å². The van der Waals surface area contributed by atoms with Crippen LogP contribution in [0, 0.1) is 29.1 Å². The van der Waals surface area contributed by atoms with Gasteiger partial charge in [-0.3, -0.25) is 0 Å². The highest BCUT2D eigenvalue weighted by Crippen LogP contribution is 2.85. The quantitative estimate of drug-likeness (QED) is 0.459. The molecule has 0 heteroatoms. The molecule has 48 valence electrons. The van der Waals surface area contributed by atoms with Gasteiger partial charge in [0.25, 0.3) is 0 Å². The van der Waals surface area contributed by atoms with Crippen LogP contribution in [0.3, 0.4) is 0 Å². The van der Waals surface area contributed by atoms with Crippen molar-refractivity contribution >= 4 is 0 Å². The molecule has 1 spiro atoms. The molecule has 0 aromatic carbocycles. The minimum absolute atomic E-state index is 1.01. The summed E-state index contributed by atoms with van der Waals surface area (Å²) in [5.74, 6) is 4.99. The molecule has 5 fully saturated rings. The van der Waals surface area contributed by atoms with Crippen LogP contribution in [0.5, 0.6) is 0 Å². The Morgan fingerprint density at radius 2 is 1.78 bits per heavy atom. The maximum Gasteiger partial charge on any atom is -0.0230 e. The smallest absolute Gasteiger partial charge is 0.0230 e. The molecular weight excluding hydrogens is 108 g/mol. The highest BCUT2D eigenvalue weighted by molar-refractivity contribution is 5.26. The van der Waals surface area contributed by atoms with Crippen LogP contribution in [-0.4, -0.2) is 0 Å². The fourth-order valence-corrected chi connectivity index (χ4v) is 4.46. The molecule has 0 heterocycles. The summed E-state index contributed by atoms with van der Waals surface area (Å²) in [7, 11) is 0. The Morgan fingerprint density at radius 1 is 1.00 bits per heavy atom. The molecule has 0 N–H and O–H groups in total. The summed E-state index contributed by atoms with van der Waals surface area (Å²) < 4.78 is 0. The Kier molecular flexibility index (Phi) is 0.360. The third-order valence-electron chi connectivity index (χ3n) is 4.76. The van der Waals surface area contributed by atoms with Gasteiger partial charge in [0.1, 0.15) is 0 Å². The van der Waals surface area contributed by atoms with Gasteiger partial charge in [-0.2, -0.15) is 0 Å². The van der Waals surface area contributed by atoms with Gasteiger partial charge in [-0.15, -0.1) is 0 Å². The van der Waals surface area contributed by atoms with E-state index >= 15 is 0 Å². The van der Waals surface area contributed by atoms with Crippen LogP contribution in [0.25, 0.3) is 0 Å². The molecule has 3 atom stereocenters. The Bertz CT molecular complexity index is 185. The molecule has 9 heavy (non-hydrogen) atoms. The van der Waals surface area contributed by atoms with Crippen molar-refractivity contribution in [2.45, 2.75) is 25.7 Å². The second kappa shape index (κ2) is 0.810. The topological polar surface area (TPSA) is 0 Å². The minimum atomic E-state index is 1.01. The summed E-state index contributed by atoms with van der Waals surface area (Å²) in [5, 5.41) is 0. The van der Waals surface area contributed by atoms with E-state index in [-0.39, 0.29) is 0 Å². The van der Waals surface area contributed by atoms with Crippen LogP contribution in [-0.2, 0) is 0 Å². The molecule has 5 aliphatic carbocycles. The number of hydrogen-bond donors (Lipinski definition) is 0. The van der Waals surface area contributed by atoms with E-state index in [0.717, 1.165) is 5.41 Å². The van der Waals surface area contributed by atoms with Crippen molar-refractivity contribution in [2.24, 2.45) is 29.1 Å². The molecule has 5 aliphatic rings. The zero-order valence-corrected chi connectivity index (χ0v) is 5.64. The minimum Gasteiger partial charge on any atom is -0.0467 e. The molecule has 0 amide bonds. The first-order valence-corrected chi connectivity index (χ1v) is 4.40. The predicted molar refractivity (Wildman–Crippen MR) is 34.9 cm³/mol. The van der Waals surface area contributed by atoms with E-state index in [0.29, 0.717) is 0 Å². The highest BCUT2D eigenvalue weighted by atomic mass is 14.8. The van der Waals surface area contributed by atoms with Crippen molar-refractivity contribution in [3.05, 3.63) is 0 Å². The van der Waals surface area contributed by atoms with Crippen molar-refractivity contribution in [2.75, 3.05) is 0 Å². The van der Waals surface area contributed by atoms with Crippen LogP contribution in [0.4, 0.5) is 0 Å². The zero-order chi connectivity index (χ0) is 5.64. The average Bonchev–Trinajstić information content (AvgIpc) is 2.28. The molecule has 5 saturated carbocycles. The van der Waals surface area contributed by atoms with Crippen molar-refractivity contribution in [3.8, 4) is 0 Å². The van der Waals surface area contributed by atoms with Crippen molar-refractivity contribution in [1.29, 1.82) is 0 Å². The number of fused-ring (bicyclic) bond motifs is 1. The largest absolute Gasteiger partial charge is 0.0467 e. The summed E-state index contributed by atoms with van der Waals surface area (Å²) in [6.07, 6.45) is 6.58. The maximum absolute atomic E-state index is 1.65. The second-order valence-electron chi connectivity index (χ2n) is 4.86. The summed E-state index contributed by atoms with van der Waals surface area (Å²) in [5.41, 5.74) is 1.01. The third kappa shape index (κ3) is 0.222. The standard InChI is InChI=1S/C9H12/c1-5-3-9(4-5)7(1)6-2-8(6)9/h5-8H,1-4H2/t5?,6-,7?,8?,9?/m1/s1. The summed E-state index contributed by atoms with van der Waals surface area (Å²) >= 11 is 0. The van der Waals surface area contributed by atoms with Crippen LogP contribution < -0.4 is 0 Å². The van der Waals surface area contributed by atoms with E-state index in [1.165, 1.54) is 23.7 Å². The number of rotatable bonds is 0. The molecule has 2 bridgehead atoms. The van der Waals surface area contributed by atoms with Gasteiger partial charge < -0.3 is 0 Å². The van der Waals surface area contributed by atoms with Crippen molar-refractivity contribution < 1.29 is 0 Å². The Morgan fingerprint density at radius 3 is 2.56 bits per heavy atom. The van der Waals surface area contributed by atoms with Gasteiger partial charge in [-0.25, -0.2) is 0 Å². The highest BCUT2D eigenvalue weighted by Gasteiger charge is 2.78. The van der Waals surface area contributed by atoms with E-state index in [2.05, 4.69) is 0 Å². The molecule has 5 rings (SSSR count). The van der Waals surface area contributed by atoms with E-state index in [1.54, 1.807) is 25.7 Å². The van der Waals surface area contributed by atoms with Crippen LogP contribution >= 0.6 is 0 Å². The Hall–Kier alpha value is 0. The van der Waals surface area contributed by atoms with Gasteiger partial charge in [0.2, 0.25) is 0 Å². The lowest BCUT2D eigenvalue weighted by molar-refractivity contribution is -0.00386. The zero-order valence-electron chi connectivity index (χ0n) is 5.64. The second-order valence-corrected chi connectivity index (χ2v) is 4.86. The molecule has 0 saturated heterocycles. The van der Waals surface area contributed by atoms with Crippen molar-refractivity contribution in [1.82, 2.24) is 0 Å². The fraction of sp³-hybridized carbons (Fsp3) is 1.00. The molecule has 0 aliphatic heterocycles. The lowest BCUT2D eigenvalue weighted by atomic mass is 9.56. The van der Waals surface area contributed by atoms with Gasteiger partial charge in [-0.05, 0) is 54.8 Å². The molecular formula is C9H12. The Labute approximate surface area is 55.6 Å². The monoisotopic (exact) mass is 120 g/mol. The van der Waals surface area contributed by atoms with E-state index < -0.39 is 0 Å². The van der Waals surface area contributed by atoms with E-state index in [4.69, 9.17) is 0 Å². The normalized spacial score (nSPS) is 80.0. The summed E-state index contributed by atoms with van der Waals surface area (Å²) in [4.78, 5) is 0. The molecule has 0 aromatic heterocycles. The van der Waals surface area contributed by atoms with Gasteiger partial charge in [0, 0.05) is 0 Å². The average molecular weight is 120 g/mol. The molecule has 0 nitrogen and oxygen atoms in total. The van der Waals surface area contributed by atoms with E-state index in [9.17, 15) is 0 Å². The third-order valence-corrected chi connectivity index (χ3v) is 4.76. The first kappa shape index (κ1) is 4.00. The fourth-order valence-electron chi connectivity index (χ4n) is 4.46. The van der Waals surface area contributed by atoms with Crippen LogP contribution in [0.1, 0.15) is 25.7 Å². The van der Waals surface area contributed by atoms with Gasteiger partial charge in [0.05, 0.1) is 0 Å².